The van der Waals surface area contributed by atoms with Crippen molar-refractivity contribution in [2.24, 2.45) is 10.9 Å². The van der Waals surface area contributed by atoms with Gasteiger partial charge in [-0.1, -0.05) is 18.2 Å². The van der Waals surface area contributed by atoms with E-state index in [-0.39, 0.29) is 42.0 Å². The molecule has 1 atom stereocenters. The van der Waals surface area contributed by atoms with Gasteiger partial charge in [0.15, 0.2) is 5.96 Å². The van der Waals surface area contributed by atoms with Crippen molar-refractivity contribution in [2.45, 2.75) is 37.6 Å². The summed E-state index contributed by atoms with van der Waals surface area (Å²) in [6.07, 6.45) is 1.16. The van der Waals surface area contributed by atoms with Crippen LogP contribution in [-0.2, 0) is 4.79 Å². The number of hydrogen-bond acceptors (Lipinski definition) is 3. The number of hydrogen-bond donors (Lipinski definition) is 2. The molecule has 1 unspecified atom stereocenters. The van der Waals surface area contributed by atoms with Crippen LogP contribution in [0.15, 0.2) is 40.2 Å². The molecule has 26 heavy (non-hydrogen) atoms. The second kappa shape index (κ2) is 11.0. The zero-order valence-electron chi connectivity index (χ0n) is 16.1. The molecular formula is C19H31IN4OS. The number of benzene rings is 1. The molecule has 0 aliphatic carbocycles. The van der Waals surface area contributed by atoms with E-state index in [2.05, 4.69) is 44.8 Å². The van der Waals surface area contributed by atoms with Gasteiger partial charge >= 0.3 is 0 Å². The molecule has 0 spiro atoms. The lowest BCUT2D eigenvalue weighted by Gasteiger charge is -2.24. The van der Waals surface area contributed by atoms with Gasteiger partial charge in [0.2, 0.25) is 5.91 Å². The molecule has 1 aromatic carbocycles. The molecule has 2 N–H and O–H groups in total. The molecule has 1 saturated heterocycles. The third-order valence-electron chi connectivity index (χ3n) is 3.95. The Morgan fingerprint density at radius 2 is 2.00 bits per heavy atom. The minimum Gasteiger partial charge on any atom is -0.350 e. The third kappa shape index (κ3) is 8.16. The van der Waals surface area contributed by atoms with E-state index in [1.54, 1.807) is 7.05 Å². The average molecular weight is 490 g/mol. The van der Waals surface area contributed by atoms with Crippen LogP contribution in [0, 0.1) is 5.92 Å². The van der Waals surface area contributed by atoms with E-state index >= 15 is 0 Å². The van der Waals surface area contributed by atoms with Gasteiger partial charge in [-0.3, -0.25) is 9.79 Å². The summed E-state index contributed by atoms with van der Waals surface area (Å²) in [5.41, 5.74) is -0.213. The Morgan fingerprint density at radius 1 is 1.31 bits per heavy atom. The van der Waals surface area contributed by atoms with Crippen LogP contribution in [0.5, 0.6) is 0 Å². The Morgan fingerprint density at radius 3 is 2.62 bits per heavy atom. The lowest BCUT2D eigenvalue weighted by molar-refractivity contribution is -0.121. The quantitative estimate of drug-likeness (QED) is 0.288. The number of likely N-dealkylation sites (tertiary alicyclic amines) is 1. The molecule has 1 aliphatic rings. The number of carbonyl (C=O) groups excluding carboxylic acids is 1. The summed E-state index contributed by atoms with van der Waals surface area (Å²) in [6.45, 7) is 8.17. The van der Waals surface area contributed by atoms with E-state index < -0.39 is 0 Å². The zero-order chi connectivity index (χ0) is 18.3. The molecule has 1 aliphatic heterocycles. The van der Waals surface area contributed by atoms with Gasteiger partial charge in [-0.15, -0.1) is 35.7 Å². The normalized spacial score (nSPS) is 17.6. The highest BCUT2D eigenvalue weighted by atomic mass is 127. The third-order valence-corrected chi connectivity index (χ3v) is 5.19. The largest absolute Gasteiger partial charge is 0.350 e. The Balaban J connectivity index is 0.00000338. The summed E-state index contributed by atoms with van der Waals surface area (Å²) in [7, 11) is 1.77. The van der Waals surface area contributed by atoms with Gasteiger partial charge < -0.3 is 15.5 Å². The number of guanidine groups is 1. The Labute approximate surface area is 178 Å². The topological polar surface area (TPSA) is 56.7 Å². The number of carbonyl (C=O) groups is 1. The maximum absolute atomic E-state index is 12.0. The first-order chi connectivity index (χ1) is 11.9. The maximum atomic E-state index is 12.0. The molecule has 7 heteroatoms. The minimum absolute atomic E-state index is 0. The Bertz CT molecular complexity index is 589. The number of halogens is 1. The summed E-state index contributed by atoms with van der Waals surface area (Å²) >= 11 is 1.91. The van der Waals surface area contributed by atoms with Crippen molar-refractivity contribution in [3.05, 3.63) is 30.3 Å². The van der Waals surface area contributed by atoms with Gasteiger partial charge in [-0.05, 0) is 45.2 Å². The lowest BCUT2D eigenvalue weighted by Crippen LogP contribution is -2.48. The molecular weight excluding hydrogens is 459 g/mol. The van der Waals surface area contributed by atoms with Crippen LogP contribution >= 0.6 is 35.7 Å². The van der Waals surface area contributed by atoms with Crippen molar-refractivity contribution in [2.75, 3.05) is 32.4 Å². The van der Waals surface area contributed by atoms with Gasteiger partial charge in [0.05, 0.1) is 6.54 Å². The predicted molar refractivity (Wildman–Crippen MR) is 122 cm³/mol. The van der Waals surface area contributed by atoms with Crippen LogP contribution in [0.1, 0.15) is 27.2 Å². The first kappa shape index (κ1) is 23.1. The van der Waals surface area contributed by atoms with Crippen molar-refractivity contribution in [3.8, 4) is 0 Å². The van der Waals surface area contributed by atoms with E-state index in [0.717, 1.165) is 31.2 Å². The second-order valence-corrected chi connectivity index (χ2v) is 8.52. The highest BCUT2D eigenvalue weighted by Gasteiger charge is 2.25. The Hall–Kier alpha value is -0.960. The number of aliphatic imine (C=N–C) groups is 1. The van der Waals surface area contributed by atoms with Crippen molar-refractivity contribution >= 4 is 47.6 Å². The number of amides is 1. The smallest absolute Gasteiger partial charge is 0.239 e. The highest BCUT2D eigenvalue weighted by molar-refractivity contribution is 14.0. The van der Waals surface area contributed by atoms with Crippen molar-refractivity contribution in [1.82, 2.24) is 15.5 Å². The fourth-order valence-electron chi connectivity index (χ4n) is 2.85. The van der Waals surface area contributed by atoms with Crippen molar-refractivity contribution < 1.29 is 4.79 Å². The van der Waals surface area contributed by atoms with Crippen molar-refractivity contribution in [3.63, 3.8) is 0 Å². The molecule has 146 valence electrons. The van der Waals surface area contributed by atoms with Crippen LogP contribution in [0.3, 0.4) is 0 Å². The van der Waals surface area contributed by atoms with E-state index in [9.17, 15) is 4.79 Å². The van der Waals surface area contributed by atoms with E-state index in [1.165, 1.54) is 4.90 Å². The maximum Gasteiger partial charge on any atom is 0.239 e. The van der Waals surface area contributed by atoms with Gasteiger partial charge in [0, 0.05) is 36.3 Å². The number of nitrogens with zero attached hydrogens (tertiary/aromatic N) is 2. The van der Waals surface area contributed by atoms with E-state index in [4.69, 9.17) is 0 Å². The number of thioether (sulfide) groups is 1. The molecule has 0 radical (unpaired) electrons. The fraction of sp³-hybridized carbons (Fsp3) is 0.579. The van der Waals surface area contributed by atoms with Gasteiger partial charge in [0.25, 0.3) is 0 Å². The van der Waals surface area contributed by atoms with Crippen molar-refractivity contribution in [1.29, 1.82) is 0 Å². The molecule has 2 rings (SSSR count). The monoisotopic (exact) mass is 490 g/mol. The van der Waals surface area contributed by atoms with Crippen LogP contribution in [0.2, 0.25) is 0 Å². The zero-order valence-corrected chi connectivity index (χ0v) is 19.3. The highest BCUT2D eigenvalue weighted by Crippen LogP contribution is 2.25. The molecule has 0 bridgehead atoms. The summed E-state index contributed by atoms with van der Waals surface area (Å²) < 4.78 is 0. The Kier molecular flexibility index (Phi) is 9.78. The molecule has 1 amide bonds. The first-order valence-electron chi connectivity index (χ1n) is 8.82. The molecule has 1 heterocycles. The first-order valence-corrected chi connectivity index (χ1v) is 9.80. The van der Waals surface area contributed by atoms with E-state index in [0.29, 0.717) is 5.92 Å². The standard InChI is InChI=1S/C19H30N4OS.HI/c1-19(2,3)22-17(24)12-21-18(20-4)23-11-10-15(13-23)14-25-16-8-6-5-7-9-16;/h5-9,15H,10-14H2,1-4H3,(H,20,21)(H,22,24);1H. The van der Waals surface area contributed by atoms with E-state index in [1.807, 2.05) is 38.6 Å². The molecule has 5 nitrogen and oxygen atoms in total. The fourth-order valence-corrected chi connectivity index (χ4v) is 3.90. The van der Waals surface area contributed by atoms with Gasteiger partial charge in [0.1, 0.15) is 0 Å². The number of rotatable bonds is 5. The molecule has 1 fully saturated rings. The van der Waals surface area contributed by atoms with Crippen LogP contribution in [0.4, 0.5) is 0 Å². The van der Waals surface area contributed by atoms with Crippen LogP contribution in [0.25, 0.3) is 0 Å². The van der Waals surface area contributed by atoms with Crippen LogP contribution in [-0.4, -0.2) is 54.7 Å². The van der Waals surface area contributed by atoms with Crippen LogP contribution < -0.4 is 10.6 Å². The summed E-state index contributed by atoms with van der Waals surface area (Å²) in [4.78, 5) is 19.9. The summed E-state index contributed by atoms with van der Waals surface area (Å²) in [5.74, 6) is 2.56. The summed E-state index contributed by atoms with van der Waals surface area (Å²) in [6, 6.07) is 10.5. The average Bonchev–Trinajstić information content (AvgIpc) is 3.02. The number of nitrogens with one attached hydrogen (secondary N) is 2. The second-order valence-electron chi connectivity index (χ2n) is 7.42. The lowest BCUT2D eigenvalue weighted by atomic mass is 10.1. The molecule has 0 aromatic heterocycles. The van der Waals surface area contributed by atoms with Gasteiger partial charge in [-0.2, -0.15) is 0 Å². The SMILES string of the molecule is CN=C(NCC(=O)NC(C)(C)C)N1CCC(CSc2ccccc2)C1.I. The molecule has 0 saturated carbocycles. The minimum atomic E-state index is -0.213. The predicted octanol–water partition coefficient (Wildman–Crippen LogP) is 3.21. The summed E-state index contributed by atoms with van der Waals surface area (Å²) in [5, 5.41) is 6.14. The molecule has 1 aromatic rings. The van der Waals surface area contributed by atoms with Gasteiger partial charge in [-0.25, -0.2) is 0 Å².